The molecule has 0 unspecified atom stereocenters. The minimum Gasteiger partial charge on any atom is -0.478 e. The van der Waals surface area contributed by atoms with E-state index in [-0.39, 0.29) is 0 Å². The molecule has 0 saturated heterocycles. The van der Waals surface area contributed by atoms with E-state index >= 15 is 0 Å². The molecule has 0 amide bonds. The quantitative estimate of drug-likeness (QED) is 0.879. The Labute approximate surface area is 100 Å². The smallest absolute Gasteiger partial charge is 0.337 e. The van der Waals surface area contributed by atoms with E-state index in [0.717, 1.165) is 16.9 Å². The Morgan fingerprint density at radius 3 is 2.71 bits per heavy atom. The summed E-state index contributed by atoms with van der Waals surface area (Å²) in [4.78, 5) is 11.1. The van der Waals surface area contributed by atoms with Crippen LogP contribution in [0, 0.1) is 6.92 Å². The van der Waals surface area contributed by atoms with E-state index < -0.39 is 5.97 Å². The summed E-state index contributed by atoms with van der Waals surface area (Å²) in [5, 5.41) is 9.10. The number of hydrogen-bond donors (Lipinski definition) is 1. The van der Waals surface area contributed by atoms with E-state index in [1.807, 2.05) is 48.9 Å². The molecule has 0 aliphatic heterocycles. The van der Waals surface area contributed by atoms with Gasteiger partial charge in [-0.3, -0.25) is 0 Å². The third kappa shape index (κ3) is 2.09. The molecule has 3 nitrogen and oxygen atoms in total. The van der Waals surface area contributed by atoms with Gasteiger partial charge in [-0.15, -0.1) is 0 Å². The topological polar surface area (TPSA) is 42.2 Å². The second-order valence-electron chi connectivity index (χ2n) is 4.04. The lowest BCUT2D eigenvalue weighted by Gasteiger charge is -2.09. The molecule has 0 spiro atoms. The molecule has 0 bridgehead atoms. The van der Waals surface area contributed by atoms with Crippen LogP contribution in [0.4, 0.5) is 0 Å². The van der Waals surface area contributed by atoms with E-state index in [4.69, 9.17) is 5.11 Å². The molecule has 2 rings (SSSR count). The predicted molar refractivity (Wildman–Crippen MR) is 66.8 cm³/mol. The average molecular weight is 229 g/mol. The fourth-order valence-electron chi connectivity index (χ4n) is 2.04. The van der Waals surface area contributed by atoms with Crippen LogP contribution in [0.5, 0.6) is 0 Å². The second kappa shape index (κ2) is 4.45. The van der Waals surface area contributed by atoms with E-state index in [1.54, 1.807) is 6.07 Å². The maximum Gasteiger partial charge on any atom is 0.337 e. The standard InChI is InChI=1S/C14H15NO2/c1-3-13-12(14(16)17)7-8-15(13)11-6-4-5-10(2)9-11/h4-9H,3H2,1-2H3,(H,16,17). The molecule has 3 heteroatoms. The number of carboxylic acid groups (broad SMARTS) is 1. The highest BCUT2D eigenvalue weighted by Gasteiger charge is 2.14. The average Bonchev–Trinajstić information content (AvgIpc) is 2.72. The van der Waals surface area contributed by atoms with E-state index in [0.29, 0.717) is 12.0 Å². The molecule has 1 aromatic carbocycles. The van der Waals surface area contributed by atoms with Gasteiger partial charge in [0.25, 0.3) is 0 Å². The predicted octanol–water partition coefficient (Wildman–Crippen LogP) is 3.05. The van der Waals surface area contributed by atoms with Crippen molar-refractivity contribution in [2.45, 2.75) is 20.3 Å². The summed E-state index contributed by atoms with van der Waals surface area (Å²) in [5.41, 5.74) is 3.39. The fraction of sp³-hybridized carbons (Fsp3) is 0.214. The van der Waals surface area contributed by atoms with Gasteiger partial charge in [0.15, 0.2) is 0 Å². The normalized spacial score (nSPS) is 10.5. The summed E-state index contributed by atoms with van der Waals surface area (Å²) in [6.45, 7) is 3.99. The van der Waals surface area contributed by atoms with Gasteiger partial charge in [-0.1, -0.05) is 19.1 Å². The molecular weight excluding hydrogens is 214 g/mol. The SMILES string of the molecule is CCc1c(C(=O)O)ccn1-c1cccc(C)c1. The molecule has 0 atom stereocenters. The Morgan fingerprint density at radius 2 is 2.12 bits per heavy atom. The molecule has 0 aliphatic carbocycles. The molecule has 88 valence electrons. The first-order chi connectivity index (χ1) is 8.13. The molecule has 0 saturated carbocycles. The van der Waals surface area contributed by atoms with Crippen molar-refractivity contribution in [2.75, 3.05) is 0 Å². The molecule has 1 aromatic heterocycles. The van der Waals surface area contributed by atoms with Crippen LogP contribution in [0.1, 0.15) is 28.5 Å². The number of hydrogen-bond acceptors (Lipinski definition) is 1. The van der Waals surface area contributed by atoms with Crippen molar-refractivity contribution in [1.29, 1.82) is 0 Å². The van der Waals surface area contributed by atoms with Crippen molar-refractivity contribution < 1.29 is 9.90 Å². The van der Waals surface area contributed by atoms with Gasteiger partial charge in [-0.05, 0) is 37.1 Å². The summed E-state index contributed by atoms with van der Waals surface area (Å²) >= 11 is 0. The third-order valence-corrected chi connectivity index (χ3v) is 2.84. The van der Waals surface area contributed by atoms with Crippen LogP contribution in [0.15, 0.2) is 36.5 Å². The fourth-order valence-corrected chi connectivity index (χ4v) is 2.04. The van der Waals surface area contributed by atoms with Gasteiger partial charge in [0, 0.05) is 17.6 Å². The third-order valence-electron chi connectivity index (χ3n) is 2.84. The zero-order valence-electron chi connectivity index (χ0n) is 9.97. The molecule has 2 aromatic rings. The molecule has 0 aliphatic rings. The van der Waals surface area contributed by atoms with Gasteiger partial charge < -0.3 is 9.67 Å². The van der Waals surface area contributed by atoms with Gasteiger partial charge in [0.05, 0.1) is 5.56 Å². The van der Waals surface area contributed by atoms with E-state index in [1.165, 1.54) is 0 Å². The maximum absolute atomic E-state index is 11.1. The molecule has 0 radical (unpaired) electrons. The Balaban J connectivity index is 2.56. The minimum atomic E-state index is -0.867. The molecule has 1 N–H and O–H groups in total. The van der Waals surface area contributed by atoms with Crippen LogP contribution >= 0.6 is 0 Å². The van der Waals surface area contributed by atoms with Crippen LogP contribution < -0.4 is 0 Å². The van der Waals surface area contributed by atoms with Gasteiger partial charge in [0.2, 0.25) is 0 Å². The van der Waals surface area contributed by atoms with E-state index in [9.17, 15) is 4.79 Å². The number of aromatic nitrogens is 1. The van der Waals surface area contributed by atoms with Crippen molar-refractivity contribution in [1.82, 2.24) is 4.57 Å². The van der Waals surface area contributed by atoms with Gasteiger partial charge in [-0.25, -0.2) is 4.79 Å². The molecule has 1 heterocycles. The van der Waals surface area contributed by atoms with Crippen LogP contribution in [-0.2, 0) is 6.42 Å². The lowest BCUT2D eigenvalue weighted by atomic mass is 10.2. The first-order valence-electron chi connectivity index (χ1n) is 5.64. The van der Waals surface area contributed by atoms with Crippen molar-refractivity contribution >= 4 is 5.97 Å². The summed E-state index contributed by atoms with van der Waals surface area (Å²) in [6.07, 6.45) is 2.51. The number of carboxylic acids is 1. The highest BCUT2D eigenvalue weighted by Crippen LogP contribution is 2.19. The van der Waals surface area contributed by atoms with Crippen LogP contribution in [0.2, 0.25) is 0 Å². The monoisotopic (exact) mass is 229 g/mol. The molecule has 17 heavy (non-hydrogen) atoms. The number of nitrogens with zero attached hydrogens (tertiary/aromatic N) is 1. The van der Waals surface area contributed by atoms with Crippen molar-refractivity contribution in [3.8, 4) is 5.69 Å². The lowest BCUT2D eigenvalue weighted by molar-refractivity contribution is 0.0696. The van der Waals surface area contributed by atoms with Crippen LogP contribution in [-0.4, -0.2) is 15.6 Å². The summed E-state index contributed by atoms with van der Waals surface area (Å²) in [5.74, 6) is -0.867. The van der Waals surface area contributed by atoms with Gasteiger partial charge in [0.1, 0.15) is 0 Å². The zero-order chi connectivity index (χ0) is 12.4. The Hall–Kier alpha value is -2.03. The number of aromatic carboxylic acids is 1. The lowest BCUT2D eigenvalue weighted by Crippen LogP contribution is -2.04. The number of benzene rings is 1. The van der Waals surface area contributed by atoms with Gasteiger partial charge in [-0.2, -0.15) is 0 Å². The second-order valence-corrected chi connectivity index (χ2v) is 4.04. The number of carbonyl (C=O) groups is 1. The minimum absolute atomic E-state index is 0.383. The first kappa shape index (κ1) is 11.5. The Kier molecular flexibility index (Phi) is 3.00. The van der Waals surface area contributed by atoms with Crippen molar-refractivity contribution in [3.63, 3.8) is 0 Å². The largest absolute Gasteiger partial charge is 0.478 e. The van der Waals surface area contributed by atoms with Crippen molar-refractivity contribution in [3.05, 3.63) is 53.3 Å². The first-order valence-corrected chi connectivity index (χ1v) is 5.64. The summed E-state index contributed by atoms with van der Waals surface area (Å²) < 4.78 is 1.94. The number of aryl methyl sites for hydroxylation is 1. The zero-order valence-corrected chi connectivity index (χ0v) is 9.97. The molecular formula is C14H15NO2. The number of rotatable bonds is 3. The van der Waals surface area contributed by atoms with Crippen LogP contribution in [0.25, 0.3) is 5.69 Å². The summed E-state index contributed by atoms with van der Waals surface area (Å²) in [7, 11) is 0. The summed E-state index contributed by atoms with van der Waals surface area (Å²) in [6, 6.07) is 9.69. The Morgan fingerprint density at radius 1 is 1.35 bits per heavy atom. The Bertz CT molecular complexity index is 555. The highest BCUT2D eigenvalue weighted by atomic mass is 16.4. The maximum atomic E-state index is 11.1. The van der Waals surface area contributed by atoms with Crippen LogP contribution in [0.3, 0.4) is 0 Å². The molecule has 0 fully saturated rings. The van der Waals surface area contributed by atoms with Crippen molar-refractivity contribution in [2.24, 2.45) is 0 Å². The van der Waals surface area contributed by atoms with Gasteiger partial charge >= 0.3 is 5.97 Å². The highest BCUT2D eigenvalue weighted by molar-refractivity contribution is 5.89. The van der Waals surface area contributed by atoms with E-state index in [2.05, 4.69) is 0 Å².